The van der Waals surface area contributed by atoms with Gasteiger partial charge in [-0.15, -0.1) is 0 Å². The third kappa shape index (κ3) is 5.15. The molecule has 0 aliphatic heterocycles. The lowest BCUT2D eigenvalue weighted by atomic mass is 10.2. The molecular weight excluding hydrogens is 232 g/mol. The predicted octanol–water partition coefficient (Wildman–Crippen LogP) is 0.686. The molecule has 0 bridgehead atoms. The zero-order valence-corrected chi connectivity index (χ0v) is 10.4. The van der Waals surface area contributed by atoms with Gasteiger partial charge in [0.15, 0.2) is 6.61 Å². The van der Waals surface area contributed by atoms with E-state index in [1.807, 2.05) is 30.3 Å². The van der Waals surface area contributed by atoms with Crippen molar-refractivity contribution in [2.75, 3.05) is 26.9 Å². The zero-order chi connectivity index (χ0) is 13.2. The number of nitrogens with one attached hydrogen (secondary N) is 1. The summed E-state index contributed by atoms with van der Waals surface area (Å²) >= 11 is 0. The van der Waals surface area contributed by atoms with Crippen molar-refractivity contribution in [3.05, 3.63) is 29.8 Å². The first-order valence-corrected chi connectivity index (χ1v) is 5.72. The Balaban J connectivity index is 2.41. The van der Waals surface area contributed by atoms with Gasteiger partial charge in [0.2, 0.25) is 0 Å². The predicted molar refractivity (Wildman–Crippen MR) is 67.1 cm³/mol. The summed E-state index contributed by atoms with van der Waals surface area (Å²) in [6.07, 6.45) is 0. The maximum atomic E-state index is 9.08. The number of methoxy groups -OCH3 is 1. The van der Waals surface area contributed by atoms with Crippen LogP contribution in [0.25, 0.3) is 0 Å². The summed E-state index contributed by atoms with van der Waals surface area (Å²) in [5.41, 5.74) is 1.08. The minimum Gasteiger partial charge on any atom is -0.479 e. The highest BCUT2D eigenvalue weighted by Crippen LogP contribution is 2.11. The SMILES string of the molecule is COCC(CO)NCc1ccc(OCC#N)cc1. The Hall–Kier alpha value is -1.61. The molecule has 2 N–H and O–H groups in total. The maximum absolute atomic E-state index is 9.08. The van der Waals surface area contributed by atoms with Crippen LogP contribution in [0.15, 0.2) is 24.3 Å². The standard InChI is InChI=1S/C13H18N2O3/c1-17-10-12(9-16)15-8-11-2-4-13(5-3-11)18-7-6-14/h2-5,12,15-16H,7-10H2,1H3. The summed E-state index contributed by atoms with van der Waals surface area (Å²) in [7, 11) is 1.60. The van der Waals surface area contributed by atoms with Crippen LogP contribution in [0.3, 0.4) is 0 Å². The molecule has 0 radical (unpaired) electrons. The number of rotatable bonds is 8. The van der Waals surface area contributed by atoms with Gasteiger partial charge in [-0.1, -0.05) is 12.1 Å². The molecule has 0 spiro atoms. The van der Waals surface area contributed by atoms with E-state index in [9.17, 15) is 0 Å². The van der Waals surface area contributed by atoms with Crippen molar-refractivity contribution in [3.8, 4) is 11.8 Å². The Bertz CT molecular complexity index is 373. The second kappa shape index (κ2) is 8.48. The minimum absolute atomic E-state index is 0.0389. The molecule has 1 aromatic carbocycles. The van der Waals surface area contributed by atoms with E-state index in [0.29, 0.717) is 18.9 Å². The van der Waals surface area contributed by atoms with Crippen LogP contribution in [-0.4, -0.2) is 38.1 Å². The molecule has 0 fully saturated rings. The van der Waals surface area contributed by atoms with Gasteiger partial charge in [-0.05, 0) is 17.7 Å². The highest BCUT2D eigenvalue weighted by Gasteiger charge is 2.05. The fourth-order valence-corrected chi connectivity index (χ4v) is 1.46. The number of aliphatic hydroxyl groups is 1. The van der Waals surface area contributed by atoms with Crippen LogP contribution in [-0.2, 0) is 11.3 Å². The Kier molecular flexibility index (Phi) is 6.81. The number of aliphatic hydroxyl groups excluding tert-OH is 1. The molecule has 0 amide bonds. The Morgan fingerprint density at radius 1 is 1.39 bits per heavy atom. The first-order valence-electron chi connectivity index (χ1n) is 5.72. The second-order valence-electron chi connectivity index (χ2n) is 3.81. The molecule has 0 aliphatic rings. The van der Waals surface area contributed by atoms with E-state index >= 15 is 0 Å². The molecule has 1 unspecified atom stereocenters. The largest absolute Gasteiger partial charge is 0.479 e. The Labute approximate surface area is 107 Å². The molecule has 1 rings (SSSR count). The van der Waals surface area contributed by atoms with Crippen molar-refractivity contribution in [2.45, 2.75) is 12.6 Å². The van der Waals surface area contributed by atoms with Gasteiger partial charge in [-0.2, -0.15) is 5.26 Å². The summed E-state index contributed by atoms with van der Waals surface area (Å²) in [6, 6.07) is 9.32. The van der Waals surface area contributed by atoms with E-state index < -0.39 is 0 Å². The topological polar surface area (TPSA) is 74.5 Å². The van der Waals surface area contributed by atoms with Crippen LogP contribution in [0.2, 0.25) is 0 Å². The van der Waals surface area contributed by atoms with E-state index in [-0.39, 0.29) is 19.3 Å². The van der Waals surface area contributed by atoms with E-state index in [0.717, 1.165) is 5.56 Å². The van der Waals surface area contributed by atoms with Crippen molar-refractivity contribution >= 4 is 0 Å². The smallest absolute Gasteiger partial charge is 0.174 e. The summed E-state index contributed by atoms with van der Waals surface area (Å²) in [5, 5.41) is 20.6. The molecule has 0 aliphatic carbocycles. The maximum Gasteiger partial charge on any atom is 0.174 e. The van der Waals surface area contributed by atoms with Crippen LogP contribution in [0.4, 0.5) is 0 Å². The quantitative estimate of drug-likeness (QED) is 0.710. The van der Waals surface area contributed by atoms with Crippen molar-refractivity contribution in [2.24, 2.45) is 0 Å². The Morgan fingerprint density at radius 3 is 2.67 bits per heavy atom. The summed E-state index contributed by atoms with van der Waals surface area (Å²) < 4.78 is 10.1. The monoisotopic (exact) mass is 250 g/mol. The van der Waals surface area contributed by atoms with Gasteiger partial charge in [0.1, 0.15) is 11.8 Å². The number of ether oxygens (including phenoxy) is 2. The van der Waals surface area contributed by atoms with E-state index in [1.54, 1.807) is 7.11 Å². The summed E-state index contributed by atoms with van der Waals surface area (Å²) in [6.45, 7) is 1.21. The van der Waals surface area contributed by atoms with Gasteiger partial charge in [-0.3, -0.25) is 0 Å². The molecule has 1 atom stereocenters. The van der Waals surface area contributed by atoms with Crippen LogP contribution in [0.1, 0.15) is 5.56 Å². The van der Waals surface area contributed by atoms with E-state index in [2.05, 4.69) is 5.32 Å². The molecule has 0 saturated carbocycles. The Morgan fingerprint density at radius 2 is 2.11 bits per heavy atom. The van der Waals surface area contributed by atoms with Crippen molar-refractivity contribution in [1.82, 2.24) is 5.32 Å². The highest BCUT2D eigenvalue weighted by molar-refractivity contribution is 5.27. The number of nitrogens with zero attached hydrogens (tertiary/aromatic N) is 1. The van der Waals surface area contributed by atoms with Crippen molar-refractivity contribution in [3.63, 3.8) is 0 Å². The van der Waals surface area contributed by atoms with Gasteiger partial charge in [-0.25, -0.2) is 0 Å². The molecular formula is C13H18N2O3. The first-order chi connectivity index (χ1) is 8.80. The fourth-order valence-electron chi connectivity index (χ4n) is 1.46. The third-order valence-corrected chi connectivity index (χ3v) is 2.41. The van der Waals surface area contributed by atoms with Gasteiger partial charge in [0.25, 0.3) is 0 Å². The number of hydrogen-bond donors (Lipinski definition) is 2. The lowest BCUT2D eigenvalue weighted by Crippen LogP contribution is -2.35. The van der Waals surface area contributed by atoms with Crippen LogP contribution in [0, 0.1) is 11.3 Å². The van der Waals surface area contributed by atoms with Gasteiger partial charge in [0, 0.05) is 13.7 Å². The van der Waals surface area contributed by atoms with Gasteiger partial charge >= 0.3 is 0 Å². The number of benzene rings is 1. The van der Waals surface area contributed by atoms with Crippen LogP contribution >= 0.6 is 0 Å². The molecule has 5 nitrogen and oxygen atoms in total. The molecule has 98 valence electrons. The zero-order valence-electron chi connectivity index (χ0n) is 10.4. The van der Waals surface area contributed by atoms with Crippen molar-refractivity contribution in [1.29, 1.82) is 5.26 Å². The highest BCUT2D eigenvalue weighted by atomic mass is 16.5. The molecule has 0 aromatic heterocycles. The van der Waals surface area contributed by atoms with E-state index in [4.69, 9.17) is 19.8 Å². The van der Waals surface area contributed by atoms with Crippen molar-refractivity contribution < 1.29 is 14.6 Å². The summed E-state index contributed by atoms with van der Waals surface area (Å²) in [5.74, 6) is 0.677. The number of nitriles is 1. The minimum atomic E-state index is -0.0653. The van der Waals surface area contributed by atoms with Gasteiger partial charge < -0.3 is 19.9 Å². The van der Waals surface area contributed by atoms with Crippen LogP contribution < -0.4 is 10.1 Å². The molecule has 0 saturated heterocycles. The van der Waals surface area contributed by atoms with E-state index in [1.165, 1.54) is 0 Å². The number of hydrogen-bond acceptors (Lipinski definition) is 5. The average Bonchev–Trinajstić information content (AvgIpc) is 2.42. The molecule has 1 aromatic rings. The second-order valence-corrected chi connectivity index (χ2v) is 3.81. The molecule has 0 heterocycles. The molecule has 5 heteroatoms. The first kappa shape index (κ1) is 14.5. The average molecular weight is 250 g/mol. The third-order valence-electron chi connectivity index (χ3n) is 2.41. The fraction of sp³-hybridized carbons (Fsp3) is 0.462. The lowest BCUT2D eigenvalue weighted by Gasteiger charge is -2.15. The molecule has 18 heavy (non-hydrogen) atoms. The van der Waals surface area contributed by atoms with Crippen LogP contribution in [0.5, 0.6) is 5.75 Å². The lowest BCUT2D eigenvalue weighted by molar-refractivity contribution is 0.128. The van der Waals surface area contributed by atoms with Gasteiger partial charge in [0.05, 0.1) is 19.3 Å². The summed E-state index contributed by atoms with van der Waals surface area (Å²) in [4.78, 5) is 0. The normalized spacial score (nSPS) is 11.8.